The predicted octanol–water partition coefficient (Wildman–Crippen LogP) is 2.77. The molecule has 0 radical (unpaired) electrons. The number of carbonyl (C=O) groups excluding carboxylic acids is 1. The van der Waals surface area contributed by atoms with Gasteiger partial charge < -0.3 is 9.64 Å². The Morgan fingerprint density at radius 3 is 2.36 bits per heavy atom. The van der Waals surface area contributed by atoms with Crippen LogP contribution in [0.2, 0.25) is 0 Å². The SMILES string of the molecule is C[C@@H]1C[C@@H]1C(=O)N1CC2(C[C@@H](COCC3CC3)CCN2CC2CC2)C1. The Balaban J connectivity index is 1.18. The molecule has 5 aliphatic rings. The minimum Gasteiger partial charge on any atom is -0.381 e. The van der Waals surface area contributed by atoms with Crippen LogP contribution in [0.25, 0.3) is 0 Å². The molecule has 2 heterocycles. The second kappa shape index (κ2) is 6.23. The minimum absolute atomic E-state index is 0.280. The average Bonchev–Trinajstić information content (AvgIpc) is 3.38. The number of amides is 1. The number of rotatable bonds is 7. The third-order valence-corrected chi connectivity index (χ3v) is 7.43. The van der Waals surface area contributed by atoms with Crippen molar-refractivity contribution in [2.75, 3.05) is 39.4 Å². The van der Waals surface area contributed by atoms with E-state index in [4.69, 9.17) is 4.74 Å². The molecule has 0 aromatic rings. The van der Waals surface area contributed by atoms with Gasteiger partial charge in [-0.3, -0.25) is 9.69 Å². The quantitative estimate of drug-likeness (QED) is 0.711. The van der Waals surface area contributed by atoms with Gasteiger partial charge in [-0.25, -0.2) is 0 Å². The van der Waals surface area contributed by atoms with E-state index >= 15 is 0 Å². The van der Waals surface area contributed by atoms with E-state index in [1.54, 1.807) is 0 Å². The summed E-state index contributed by atoms with van der Waals surface area (Å²) in [5.74, 6) is 3.91. The number of likely N-dealkylation sites (tertiary alicyclic amines) is 2. The van der Waals surface area contributed by atoms with E-state index in [-0.39, 0.29) is 5.54 Å². The number of hydrogen-bond acceptors (Lipinski definition) is 3. The number of nitrogens with zero attached hydrogens (tertiary/aromatic N) is 2. The van der Waals surface area contributed by atoms with E-state index in [0.29, 0.717) is 23.7 Å². The van der Waals surface area contributed by atoms with E-state index in [2.05, 4.69) is 16.7 Å². The molecular formula is C21H34N2O2. The van der Waals surface area contributed by atoms with Crippen LogP contribution in [0, 0.1) is 29.6 Å². The molecule has 3 saturated carbocycles. The molecule has 0 unspecified atom stereocenters. The number of carbonyl (C=O) groups is 1. The second-order valence-electron chi connectivity index (χ2n) is 9.97. The van der Waals surface area contributed by atoms with E-state index in [9.17, 15) is 4.79 Å². The van der Waals surface area contributed by atoms with Gasteiger partial charge in [-0.1, -0.05) is 6.92 Å². The maximum atomic E-state index is 12.6. The van der Waals surface area contributed by atoms with Crippen molar-refractivity contribution >= 4 is 5.91 Å². The average molecular weight is 347 g/mol. The predicted molar refractivity (Wildman–Crippen MR) is 97.1 cm³/mol. The van der Waals surface area contributed by atoms with Crippen LogP contribution in [0.3, 0.4) is 0 Å². The summed E-state index contributed by atoms with van der Waals surface area (Å²) in [7, 11) is 0. The van der Waals surface area contributed by atoms with E-state index in [0.717, 1.165) is 44.6 Å². The molecular weight excluding hydrogens is 312 g/mol. The summed E-state index contributed by atoms with van der Waals surface area (Å²) in [5, 5.41) is 0. The zero-order valence-corrected chi connectivity index (χ0v) is 15.8. The number of ether oxygens (including phenoxy) is 1. The molecule has 1 amide bonds. The van der Waals surface area contributed by atoms with Crippen LogP contribution >= 0.6 is 0 Å². The molecule has 2 saturated heterocycles. The van der Waals surface area contributed by atoms with Gasteiger partial charge in [0.1, 0.15) is 0 Å². The zero-order valence-electron chi connectivity index (χ0n) is 15.8. The fourth-order valence-electron chi connectivity index (χ4n) is 5.12. The molecule has 1 spiro atoms. The maximum Gasteiger partial charge on any atom is 0.226 e. The Kier molecular flexibility index (Phi) is 4.12. The highest BCUT2D eigenvalue weighted by Gasteiger charge is 2.55. The highest BCUT2D eigenvalue weighted by atomic mass is 16.5. The van der Waals surface area contributed by atoms with E-state index in [1.807, 2.05) is 0 Å². The second-order valence-corrected chi connectivity index (χ2v) is 9.97. The molecule has 5 rings (SSSR count). The molecule has 4 nitrogen and oxygen atoms in total. The molecule has 2 aliphatic heterocycles. The summed E-state index contributed by atoms with van der Waals surface area (Å²) in [6.45, 7) is 8.61. The van der Waals surface area contributed by atoms with Gasteiger partial charge in [0.15, 0.2) is 0 Å². The lowest BCUT2D eigenvalue weighted by Crippen LogP contribution is -2.73. The summed E-state index contributed by atoms with van der Waals surface area (Å²) in [4.78, 5) is 17.5. The van der Waals surface area contributed by atoms with Crippen molar-refractivity contribution in [3.05, 3.63) is 0 Å². The van der Waals surface area contributed by atoms with Crippen molar-refractivity contribution in [2.24, 2.45) is 29.6 Å². The molecule has 140 valence electrons. The fraction of sp³-hybridized carbons (Fsp3) is 0.952. The van der Waals surface area contributed by atoms with Crippen LogP contribution in [-0.2, 0) is 9.53 Å². The fourth-order valence-corrected chi connectivity index (χ4v) is 5.12. The first-order valence-electron chi connectivity index (χ1n) is 10.7. The zero-order chi connectivity index (χ0) is 17.0. The highest BCUT2D eigenvalue weighted by molar-refractivity contribution is 5.82. The lowest BCUT2D eigenvalue weighted by Gasteiger charge is -2.60. The molecule has 0 aromatic heterocycles. The summed E-state index contributed by atoms with van der Waals surface area (Å²) >= 11 is 0. The Morgan fingerprint density at radius 1 is 1.04 bits per heavy atom. The van der Waals surface area contributed by atoms with Crippen LogP contribution in [0.5, 0.6) is 0 Å². The summed E-state index contributed by atoms with van der Waals surface area (Å²) < 4.78 is 6.03. The van der Waals surface area contributed by atoms with Gasteiger partial charge in [0.25, 0.3) is 0 Å². The molecule has 0 bridgehead atoms. The van der Waals surface area contributed by atoms with Crippen LogP contribution < -0.4 is 0 Å². The third-order valence-electron chi connectivity index (χ3n) is 7.43. The van der Waals surface area contributed by atoms with Crippen molar-refractivity contribution in [3.63, 3.8) is 0 Å². The Hall–Kier alpha value is -0.610. The molecule has 5 fully saturated rings. The number of piperidine rings is 1. The lowest BCUT2D eigenvalue weighted by atomic mass is 9.74. The maximum absolute atomic E-state index is 12.6. The first-order chi connectivity index (χ1) is 12.1. The third kappa shape index (κ3) is 3.49. The molecule has 25 heavy (non-hydrogen) atoms. The number of hydrogen-bond donors (Lipinski definition) is 0. The van der Waals surface area contributed by atoms with Crippen LogP contribution in [0.15, 0.2) is 0 Å². The first kappa shape index (κ1) is 16.6. The van der Waals surface area contributed by atoms with E-state index < -0.39 is 0 Å². The van der Waals surface area contributed by atoms with Crippen molar-refractivity contribution in [3.8, 4) is 0 Å². The van der Waals surface area contributed by atoms with Gasteiger partial charge in [0.05, 0.1) is 5.54 Å². The molecule has 0 aromatic carbocycles. The van der Waals surface area contributed by atoms with Crippen molar-refractivity contribution in [1.82, 2.24) is 9.80 Å². The van der Waals surface area contributed by atoms with Gasteiger partial charge in [-0.2, -0.15) is 0 Å². The van der Waals surface area contributed by atoms with E-state index in [1.165, 1.54) is 51.6 Å². The standard InChI is InChI=1S/C21H34N2O2/c1-15-8-19(15)20(24)22-13-21(14-22)9-18(12-25-11-17-4-5-17)6-7-23(21)10-16-2-3-16/h15-19H,2-14H2,1H3/t15-,18+,19+/m1/s1. The smallest absolute Gasteiger partial charge is 0.226 e. The van der Waals surface area contributed by atoms with Crippen molar-refractivity contribution in [1.29, 1.82) is 0 Å². The van der Waals surface area contributed by atoms with Gasteiger partial charge in [-0.05, 0) is 75.2 Å². The van der Waals surface area contributed by atoms with Crippen LogP contribution in [0.4, 0.5) is 0 Å². The highest BCUT2D eigenvalue weighted by Crippen LogP contribution is 2.46. The van der Waals surface area contributed by atoms with Gasteiger partial charge in [-0.15, -0.1) is 0 Å². The van der Waals surface area contributed by atoms with Gasteiger partial charge in [0, 0.05) is 38.8 Å². The normalized spacial score (nSPS) is 37.2. The van der Waals surface area contributed by atoms with Gasteiger partial charge in [0.2, 0.25) is 5.91 Å². The molecule has 0 N–H and O–H groups in total. The lowest BCUT2D eigenvalue weighted by molar-refractivity contribution is -0.155. The van der Waals surface area contributed by atoms with Crippen molar-refractivity contribution < 1.29 is 9.53 Å². The minimum atomic E-state index is 0.280. The summed E-state index contributed by atoms with van der Waals surface area (Å²) in [6, 6.07) is 0. The molecule has 3 aliphatic carbocycles. The molecule has 4 heteroatoms. The first-order valence-corrected chi connectivity index (χ1v) is 10.7. The summed E-state index contributed by atoms with van der Waals surface area (Å²) in [6.07, 6.45) is 9.24. The van der Waals surface area contributed by atoms with Crippen LogP contribution in [0.1, 0.15) is 51.9 Å². The monoisotopic (exact) mass is 346 g/mol. The topological polar surface area (TPSA) is 32.8 Å². The Labute approximate surface area is 152 Å². The molecule has 3 atom stereocenters. The van der Waals surface area contributed by atoms with Crippen LogP contribution in [-0.4, -0.2) is 60.6 Å². The van der Waals surface area contributed by atoms with Crippen molar-refractivity contribution in [2.45, 2.75) is 57.4 Å². The Bertz CT molecular complexity index is 522. The largest absolute Gasteiger partial charge is 0.381 e. The van der Waals surface area contributed by atoms with Gasteiger partial charge >= 0.3 is 0 Å². The Morgan fingerprint density at radius 2 is 1.72 bits per heavy atom. The summed E-state index contributed by atoms with van der Waals surface area (Å²) in [5.41, 5.74) is 0.280.